The van der Waals surface area contributed by atoms with E-state index in [-0.39, 0.29) is 57.5 Å². The number of hydrogen-bond acceptors (Lipinski definition) is 20. The van der Waals surface area contributed by atoms with Crippen molar-refractivity contribution in [2.24, 2.45) is 28.4 Å². The Morgan fingerprint density at radius 1 is 0.452 bits per heavy atom. The minimum absolute atomic E-state index is 0.0638. The van der Waals surface area contributed by atoms with E-state index in [4.69, 9.17) is 22.1 Å². The van der Waals surface area contributed by atoms with Gasteiger partial charge in [-0.25, -0.2) is 0 Å². The Kier molecular flexibility index (Phi) is 40.0. The lowest BCUT2D eigenvalue weighted by Gasteiger charge is -2.30. The van der Waals surface area contributed by atoms with E-state index in [9.17, 15) is 107 Å². The molecule has 39 heteroatoms. The van der Waals surface area contributed by atoms with Gasteiger partial charge in [0.15, 0.2) is 0 Å². The second kappa shape index (κ2) is 44.6. The Labute approximate surface area is 532 Å². The quantitative estimate of drug-likeness (QED) is 0.0117. The van der Waals surface area contributed by atoms with Crippen molar-refractivity contribution < 1.29 is 112 Å². The first-order valence-corrected chi connectivity index (χ1v) is 29.6. The molecule has 0 saturated heterocycles. The molecule has 93 heavy (non-hydrogen) atoms. The molecule has 21 N–H and O–H groups in total. The van der Waals surface area contributed by atoms with E-state index in [0.29, 0.717) is 6.42 Å². The molecule has 0 aromatic carbocycles. The molecule has 0 spiro atoms. The summed E-state index contributed by atoms with van der Waals surface area (Å²) < 4.78 is 0. The van der Waals surface area contributed by atoms with Gasteiger partial charge in [-0.2, -0.15) is 0 Å². The van der Waals surface area contributed by atoms with Gasteiger partial charge in [0.05, 0.1) is 13.0 Å². The molecule has 0 aliphatic heterocycles. The predicted octanol–water partition coefficient (Wildman–Crippen LogP) is -5.31. The zero-order valence-corrected chi connectivity index (χ0v) is 52.2. The summed E-state index contributed by atoms with van der Waals surface area (Å²) in [6.45, 7) is 5.53. The number of aliphatic hydroxyl groups excluding tert-OH is 1. The smallest absolute Gasteiger partial charge is 0.322 e. The van der Waals surface area contributed by atoms with Gasteiger partial charge in [0, 0.05) is 43.6 Å². The van der Waals surface area contributed by atoms with Gasteiger partial charge in [0.2, 0.25) is 70.9 Å². The Morgan fingerprint density at radius 3 is 1.27 bits per heavy atom. The molecule has 0 aromatic heterocycles. The second-order valence-corrected chi connectivity index (χ2v) is 21.8. The number of carboxylic acid groups (broad SMARTS) is 5. The SMILES string of the molecule is CC[C@H](C)[C@H](NC(=O)[C@H](CC(C)C)NC(=O)[C@H](CCCCN)NC(=O)[C@H](CCC(N)=O)NC(=O)[C@H](CCC(=O)O)NC(=O)CCCN=[N+]=[N-])C(=O)N[C@@H](CO)C(=O)N[C@@H](CCC(=O)O)C(=O)N[C@@H](CCC(=O)O)C(=O)N[C@@H](CC(=O)O)C(=O)N[C@@H](C)C(=O)NCC(=O)O. The van der Waals surface area contributed by atoms with Gasteiger partial charge in [-0.3, -0.25) is 81.5 Å². The molecule has 39 nitrogen and oxygen atoms in total. The molecule has 0 radical (unpaired) electrons. The second-order valence-electron chi connectivity index (χ2n) is 21.8. The summed E-state index contributed by atoms with van der Waals surface area (Å²) >= 11 is 0. The zero-order valence-electron chi connectivity index (χ0n) is 52.2. The largest absolute Gasteiger partial charge is 0.481 e. The van der Waals surface area contributed by atoms with Crippen LogP contribution in [0.5, 0.6) is 0 Å². The fourth-order valence-corrected chi connectivity index (χ4v) is 8.38. The molecule has 0 aliphatic carbocycles. The number of unbranched alkanes of at least 4 members (excludes halogenated alkanes) is 1. The van der Waals surface area contributed by atoms with Crippen LogP contribution in [0.2, 0.25) is 0 Å². The molecule has 0 unspecified atom stereocenters. The first-order chi connectivity index (χ1) is 43.6. The van der Waals surface area contributed by atoms with Crippen LogP contribution in [-0.2, 0) is 81.5 Å². The molecule has 0 bridgehead atoms. The highest BCUT2D eigenvalue weighted by atomic mass is 16.4. The summed E-state index contributed by atoms with van der Waals surface area (Å²) in [5.41, 5.74) is 19.6. The molecule has 12 amide bonds. The van der Waals surface area contributed by atoms with Crippen LogP contribution >= 0.6 is 0 Å². The molecule has 11 atom stereocenters. The van der Waals surface area contributed by atoms with Crippen molar-refractivity contribution in [1.29, 1.82) is 0 Å². The molecule has 0 aliphatic rings. The van der Waals surface area contributed by atoms with E-state index < -0.39 is 238 Å². The summed E-state index contributed by atoms with van der Waals surface area (Å²) in [5.74, 6) is -22.0. The van der Waals surface area contributed by atoms with Crippen LogP contribution in [0.4, 0.5) is 0 Å². The maximum atomic E-state index is 14.3. The van der Waals surface area contributed by atoms with Crippen LogP contribution in [0.3, 0.4) is 0 Å². The highest BCUT2D eigenvalue weighted by Gasteiger charge is 2.38. The van der Waals surface area contributed by atoms with Crippen molar-refractivity contribution in [2.75, 3.05) is 26.2 Å². The monoisotopic (exact) mass is 1330 g/mol. The molecular formula is C54H88N16O23. The van der Waals surface area contributed by atoms with Crippen LogP contribution in [0.25, 0.3) is 10.4 Å². The summed E-state index contributed by atoms with van der Waals surface area (Å²) in [6, 6.07) is -17.2. The number of azide groups is 1. The van der Waals surface area contributed by atoms with E-state index in [0.717, 1.165) is 6.92 Å². The van der Waals surface area contributed by atoms with Crippen LogP contribution in [0.15, 0.2) is 5.11 Å². The van der Waals surface area contributed by atoms with Crippen LogP contribution in [-0.4, -0.2) is 218 Å². The Morgan fingerprint density at radius 2 is 0.860 bits per heavy atom. The fraction of sp³-hybridized carbons (Fsp3) is 0.685. The van der Waals surface area contributed by atoms with Crippen molar-refractivity contribution in [2.45, 2.75) is 198 Å². The Balaban J connectivity index is 6.92. The number of aliphatic carboxylic acids is 5. The summed E-state index contributed by atoms with van der Waals surface area (Å²) in [6.07, 6.45) is -6.21. The number of nitrogens with one attached hydrogen (secondary N) is 11. The predicted molar refractivity (Wildman–Crippen MR) is 319 cm³/mol. The van der Waals surface area contributed by atoms with E-state index in [1.165, 1.54) is 6.92 Å². The van der Waals surface area contributed by atoms with Crippen molar-refractivity contribution in [3.63, 3.8) is 0 Å². The topological polar surface area (TPSA) is 645 Å². The van der Waals surface area contributed by atoms with Gasteiger partial charge < -0.3 is 101 Å². The third-order valence-corrected chi connectivity index (χ3v) is 13.6. The van der Waals surface area contributed by atoms with Crippen molar-refractivity contribution in [1.82, 2.24) is 58.5 Å². The number of amides is 12. The molecular weight excluding hydrogens is 1240 g/mol. The van der Waals surface area contributed by atoms with Crippen LogP contribution in [0.1, 0.15) is 137 Å². The lowest BCUT2D eigenvalue weighted by Crippen LogP contribution is -2.62. The van der Waals surface area contributed by atoms with E-state index in [1.807, 2.05) is 10.6 Å². The highest BCUT2D eigenvalue weighted by molar-refractivity contribution is 6.00. The number of rotatable bonds is 49. The molecule has 0 saturated carbocycles. The van der Waals surface area contributed by atoms with Crippen LogP contribution in [0, 0.1) is 11.8 Å². The van der Waals surface area contributed by atoms with E-state index in [1.54, 1.807) is 20.8 Å². The van der Waals surface area contributed by atoms with Gasteiger partial charge in [-0.1, -0.05) is 39.2 Å². The van der Waals surface area contributed by atoms with E-state index in [2.05, 4.69) is 57.9 Å². The summed E-state index contributed by atoms with van der Waals surface area (Å²) in [5, 5.41) is 85.3. The third kappa shape index (κ3) is 35.4. The number of carbonyl (C=O) groups is 17. The zero-order chi connectivity index (χ0) is 71.1. The van der Waals surface area contributed by atoms with Crippen molar-refractivity contribution in [3.05, 3.63) is 10.4 Å². The molecule has 0 rings (SSSR count). The highest BCUT2D eigenvalue weighted by Crippen LogP contribution is 2.14. The van der Waals surface area contributed by atoms with Crippen molar-refractivity contribution in [3.8, 4) is 0 Å². The van der Waals surface area contributed by atoms with Gasteiger partial charge in [0.25, 0.3) is 0 Å². The molecule has 0 heterocycles. The Bertz CT molecular complexity index is 2690. The molecule has 0 fully saturated rings. The number of hydrogen-bond donors (Lipinski definition) is 19. The number of nitrogens with zero attached hydrogens (tertiary/aromatic N) is 3. The van der Waals surface area contributed by atoms with Gasteiger partial charge in [-0.15, -0.1) is 0 Å². The molecule has 0 aromatic rings. The summed E-state index contributed by atoms with van der Waals surface area (Å²) in [7, 11) is 0. The van der Waals surface area contributed by atoms with Gasteiger partial charge in [0.1, 0.15) is 67.0 Å². The van der Waals surface area contributed by atoms with Crippen LogP contribution < -0.4 is 70.0 Å². The average molecular weight is 1330 g/mol. The first-order valence-electron chi connectivity index (χ1n) is 29.6. The van der Waals surface area contributed by atoms with E-state index >= 15 is 0 Å². The first kappa shape index (κ1) is 83.2. The third-order valence-electron chi connectivity index (χ3n) is 13.6. The standard InChI is InChI=1S/C54H88N16O23/c1-6-27(4)44(54(93)68-36(25-71)53(92)65-32(14-18-40(76)77)49(88)64-33(15-19-41(78)79)50(89)67-35(23-42(80)81)51(90)60-28(5)45(84)58-24-43(82)83)69-52(91)34(22-26(2)3)66-46(85)29(10-7-8-20-55)62-48(87)31(12-16-37(56)72)63-47(86)30(13-17-39(74)75)61-38(73)11-9-21-59-70-57/h26-36,44,71H,6-25,55H2,1-5H3,(H2,56,72)(H,58,84)(H,60,90)(H,61,73)(H,62,87)(H,63,86)(H,64,88)(H,65,92)(H,66,85)(H,67,89)(H,68,93)(H,69,91)(H,74,75)(H,76,77)(H,78,79)(H,80,81)(H,82,83)/t27-,28-,29-,30-,31-,32-,33-,34-,35-,36-,44-/m0/s1. The molecule has 522 valence electrons. The maximum absolute atomic E-state index is 14.3. The minimum atomic E-state index is -2.02. The summed E-state index contributed by atoms with van der Waals surface area (Å²) in [4.78, 5) is 222. The number of primary amides is 1. The van der Waals surface area contributed by atoms with Gasteiger partial charge in [-0.05, 0) is 88.6 Å². The average Bonchev–Trinajstić information content (AvgIpc) is 0.936. The number of carboxylic acids is 5. The minimum Gasteiger partial charge on any atom is -0.481 e. The van der Waals surface area contributed by atoms with Gasteiger partial charge >= 0.3 is 29.8 Å². The fourth-order valence-electron chi connectivity index (χ4n) is 8.38. The number of carbonyl (C=O) groups excluding carboxylic acids is 12. The lowest BCUT2D eigenvalue weighted by molar-refractivity contribution is -0.142. The lowest BCUT2D eigenvalue weighted by atomic mass is 9.96. The number of nitrogens with two attached hydrogens (primary N) is 2. The normalized spacial score (nSPS) is 14.4. The Hall–Kier alpha value is -9.78. The van der Waals surface area contributed by atoms with Crippen molar-refractivity contribution >= 4 is 101 Å². The number of aliphatic hydroxyl groups is 1. The maximum Gasteiger partial charge on any atom is 0.322 e.